The minimum Gasteiger partial charge on any atom is -0.474 e. The van der Waals surface area contributed by atoms with Gasteiger partial charge in [-0.3, -0.25) is 4.79 Å². The van der Waals surface area contributed by atoms with E-state index in [0.29, 0.717) is 30.1 Å². The number of rotatable bonds is 4. The number of nitrogens with one attached hydrogen (secondary N) is 1. The summed E-state index contributed by atoms with van der Waals surface area (Å²) in [5.74, 6) is -0.247. The van der Waals surface area contributed by atoms with Crippen molar-refractivity contribution in [2.24, 2.45) is 11.1 Å². The van der Waals surface area contributed by atoms with Crippen molar-refractivity contribution in [3.05, 3.63) is 58.8 Å². The Kier molecular flexibility index (Phi) is 4.54. The van der Waals surface area contributed by atoms with Gasteiger partial charge in [0.15, 0.2) is 0 Å². The van der Waals surface area contributed by atoms with Crippen LogP contribution in [-0.2, 0) is 13.1 Å². The Labute approximate surface area is 180 Å². The Morgan fingerprint density at radius 1 is 1.19 bits per heavy atom. The zero-order chi connectivity index (χ0) is 21.6. The minimum absolute atomic E-state index is 0.0204. The third-order valence-corrected chi connectivity index (χ3v) is 6.67. The van der Waals surface area contributed by atoms with Gasteiger partial charge in [-0.1, -0.05) is 6.07 Å². The molecule has 2 fully saturated rings. The van der Waals surface area contributed by atoms with E-state index >= 15 is 0 Å². The molecular weight excluding hydrogens is 394 g/mol. The van der Waals surface area contributed by atoms with Crippen LogP contribution in [0.25, 0.3) is 0 Å². The van der Waals surface area contributed by atoms with E-state index in [1.807, 2.05) is 12.1 Å². The van der Waals surface area contributed by atoms with Crippen LogP contribution in [0.3, 0.4) is 0 Å². The first-order chi connectivity index (χ1) is 14.9. The second kappa shape index (κ2) is 7.27. The zero-order valence-corrected chi connectivity index (χ0v) is 17.0. The van der Waals surface area contributed by atoms with E-state index in [-0.39, 0.29) is 23.6 Å². The number of hydrogen-bond donors (Lipinski definition) is 2. The molecular formula is C23H23N5O3. The number of hydrogen-bond acceptors (Lipinski definition) is 5. The molecule has 1 spiro atoms. The summed E-state index contributed by atoms with van der Waals surface area (Å²) in [6.45, 7) is 1.11. The zero-order valence-electron chi connectivity index (χ0n) is 17.0. The van der Waals surface area contributed by atoms with Crippen LogP contribution in [0.1, 0.15) is 52.7 Å². The van der Waals surface area contributed by atoms with Crippen LogP contribution >= 0.6 is 0 Å². The van der Waals surface area contributed by atoms with Crippen molar-refractivity contribution < 1.29 is 14.3 Å². The van der Waals surface area contributed by atoms with Crippen LogP contribution in [0.4, 0.5) is 4.79 Å². The van der Waals surface area contributed by atoms with Crippen molar-refractivity contribution in [2.45, 2.75) is 50.9 Å². The summed E-state index contributed by atoms with van der Waals surface area (Å²) in [5, 5.41) is 12.2. The van der Waals surface area contributed by atoms with Crippen molar-refractivity contribution in [3.8, 4) is 11.9 Å². The van der Waals surface area contributed by atoms with E-state index in [1.54, 1.807) is 29.3 Å². The van der Waals surface area contributed by atoms with Gasteiger partial charge in [0.1, 0.15) is 11.7 Å². The van der Waals surface area contributed by atoms with Crippen LogP contribution in [0.5, 0.6) is 5.88 Å². The van der Waals surface area contributed by atoms with Gasteiger partial charge in [-0.05, 0) is 66.5 Å². The average molecular weight is 417 g/mol. The first-order valence-electron chi connectivity index (χ1n) is 10.4. The smallest absolute Gasteiger partial charge is 0.318 e. The first kappa shape index (κ1) is 19.4. The maximum absolute atomic E-state index is 12.7. The minimum atomic E-state index is -0.545. The van der Waals surface area contributed by atoms with Gasteiger partial charge < -0.3 is 20.7 Å². The Bertz CT molecular complexity index is 1090. The van der Waals surface area contributed by atoms with Gasteiger partial charge in [-0.15, -0.1) is 0 Å². The quantitative estimate of drug-likeness (QED) is 0.791. The Hall–Kier alpha value is -3.60. The monoisotopic (exact) mass is 417 g/mol. The summed E-state index contributed by atoms with van der Waals surface area (Å²) < 4.78 is 5.90. The molecule has 2 heterocycles. The van der Waals surface area contributed by atoms with E-state index in [1.165, 1.54) is 0 Å². The molecule has 2 aromatic rings. The van der Waals surface area contributed by atoms with E-state index in [4.69, 9.17) is 15.7 Å². The number of urea groups is 1. The molecule has 0 atom stereocenters. The molecule has 8 heteroatoms. The standard InChI is InChI=1S/C23H23N5O3/c24-11-14-3-4-15-12-28(13-16(15)6-14)22(30)27-17-7-23(8-17)9-18(10-23)31-21-19(20(25)29)2-1-5-26-21/h1-6,17-18H,7-10,12-13H2,(H2,25,29)(H,27,30). The Morgan fingerprint density at radius 2 is 1.97 bits per heavy atom. The fourth-order valence-corrected chi connectivity index (χ4v) is 5.11. The number of carbonyl (C=O) groups excluding carboxylic acids is 2. The summed E-state index contributed by atoms with van der Waals surface area (Å²) in [5.41, 5.74) is 8.66. The van der Waals surface area contributed by atoms with Gasteiger partial charge in [-0.25, -0.2) is 9.78 Å². The third-order valence-electron chi connectivity index (χ3n) is 6.67. The molecule has 1 aromatic heterocycles. The van der Waals surface area contributed by atoms with Gasteiger partial charge >= 0.3 is 6.03 Å². The number of ether oxygens (including phenoxy) is 1. The van der Waals surface area contributed by atoms with Crippen LogP contribution in [0.2, 0.25) is 0 Å². The molecule has 3 aliphatic rings. The molecule has 5 rings (SSSR count). The number of nitrogens with two attached hydrogens (primary N) is 1. The fraction of sp³-hybridized carbons (Fsp3) is 0.391. The number of nitrogens with zero attached hydrogens (tertiary/aromatic N) is 3. The number of fused-ring (bicyclic) bond motifs is 1. The number of pyridine rings is 1. The topological polar surface area (TPSA) is 121 Å². The highest BCUT2D eigenvalue weighted by molar-refractivity contribution is 5.94. The summed E-state index contributed by atoms with van der Waals surface area (Å²) in [4.78, 5) is 30.1. The molecule has 0 saturated heterocycles. The van der Waals surface area contributed by atoms with E-state index in [9.17, 15) is 9.59 Å². The second-order valence-corrected chi connectivity index (χ2v) is 8.87. The van der Waals surface area contributed by atoms with Crippen LogP contribution in [0.15, 0.2) is 36.5 Å². The van der Waals surface area contributed by atoms with Crippen molar-refractivity contribution in [3.63, 3.8) is 0 Å². The first-order valence-corrected chi connectivity index (χ1v) is 10.4. The van der Waals surface area contributed by atoms with Crippen LogP contribution in [-0.4, -0.2) is 34.0 Å². The molecule has 1 aliphatic heterocycles. The number of amides is 3. The van der Waals surface area contributed by atoms with E-state index < -0.39 is 5.91 Å². The largest absolute Gasteiger partial charge is 0.474 e. The highest BCUT2D eigenvalue weighted by Crippen LogP contribution is 2.56. The maximum Gasteiger partial charge on any atom is 0.318 e. The molecule has 0 radical (unpaired) electrons. The van der Waals surface area contributed by atoms with Crippen molar-refractivity contribution in [1.82, 2.24) is 15.2 Å². The number of nitriles is 1. The predicted molar refractivity (Wildman–Crippen MR) is 111 cm³/mol. The molecule has 3 N–H and O–H groups in total. The molecule has 0 bridgehead atoms. The normalized spacial score (nSPS) is 25.7. The summed E-state index contributed by atoms with van der Waals surface area (Å²) >= 11 is 0. The highest BCUT2D eigenvalue weighted by Gasteiger charge is 2.54. The number of primary amides is 1. The lowest BCUT2D eigenvalue weighted by Gasteiger charge is -2.57. The van der Waals surface area contributed by atoms with Crippen molar-refractivity contribution in [1.29, 1.82) is 5.26 Å². The Morgan fingerprint density at radius 3 is 2.71 bits per heavy atom. The van der Waals surface area contributed by atoms with Gasteiger partial charge in [-0.2, -0.15) is 5.26 Å². The SMILES string of the molecule is N#Cc1ccc2c(c1)CN(C(=O)NC1CC3(C1)CC(Oc1ncccc1C(N)=O)C3)C2. The third kappa shape index (κ3) is 3.56. The van der Waals surface area contributed by atoms with Crippen molar-refractivity contribution >= 4 is 11.9 Å². The summed E-state index contributed by atoms with van der Waals surface area (Å²) in [6, 6.07) is 11.1. The summed E-state index contributed by atoms with van der Waals surface area (Å²) in [6.07, 6.45) is 5.25. The van der Waals surface area contributed by atoms with Gasteiger partial charge in [0, 0.05) is 25.3 Å². The molecule has 0 unspecified atom stereocenters. The molecule has 8 nitrogen and oxygen atoms in total. The van der Waals surface area contributed by atoms with Gasteiger partial charge in [0.05, 0.1) is 11.6 Å². The van der Waals surface area contributed by atoms with Crippen molar-refractivity contribution in [2.75, 3.05) is 0 Å². The Balaban J connectivity index is 1.09. The number of aromatic nitrogens is 1. The van der Waals surface area contributed by atoms with Crippen LogP contribution < -0.4 is 15.8 Å². The predicted octanol–water partition coefficient (Wildman–Crippen LogP) is 2.47. The maximum atomic E-state index is 12.7. The van der Waals surface area contributed by atoms with Crippen LogP contribution in [0, 0.1) is 16.7 Å². The van der Waals surface area contributed by atoms with E-state index in [2.05, 4.69) is 16.4 Å². The average Bonchev–Trinajstić information content (AvgIpc) is 3.14. The lowest BCUT2D eigenvalue weighted by molar-refractivity contribution is -0.0849. The molecule has 2 aliphatic carbocycles. The fourth-order valence-electron chi connectivity index (χ4n) is 5.11. The highest BCUT2D eigenvalue weighted by atomic mass is 16.5. The molecule has 2 saturated carbocycles. The van der Waals surface area contributed by atoms with Gasteiger partial charge in [0.2, 0.25) is 5.88 Å². The van der Waals surface area contributed by atoms with E-state index in [0.717, 1.165) is 36.8 Å². The molecule has 31 heavy (non-hydrogen) atoms. The van der Waals surface area contributed by atoms with Gasteiger partial charge in [0.25, 0.3) is 5.91 Å². The molecule has 1 aromatic carbocycles. The second-order valence-electron chi connectivity index (χ2n) is 8.87. The number of benzene rings is 1. The number of carbonyl (C=O) groups is 2. The summed E-state index contributed by atoms with van der Waals surface area (Å²) in [7, 11) is 0. The molecule has 158 valence electrons. The lowest BCUT2D eigenvalue weighted by Crippen LogP contribution is -2.59. The lowest BCUT2D eigenvalue weighted by atomic mass is 9.53. The molecule has 3 amide bonds.